The molecule has 0 saturated heterocycles. The van der Waals surface area contributed by atoms with Gasteiger partial charge in [0, 0.05) is 86.2 Å². The molecule has 0 radical (unpaired) electrons. The van der Waals surface area contributed by atoms with Crippen molar-refractivity contribution in [1.29, 1.82) is 0 Å². The van der Waals surface area contributed by atoms with Gasteiger partial charge in [-0.25, -0.2) is 0 Å². The number of rotatable bonds is 4. The molecule has 0 aliphatic carbocycles. The Balaban J connectivity index is 0.0000000862. The molecule has 0 atom stereocenters. The topological polar surface area (TPSA) is 176 Å². The Bertz CT molecular complexity index is 10300. The van der Waals surface area contributed by atoms with Gasteiger partial charge >= 0.3 is 24.1 Å². The van der Waals surface area contributed by atoms with Crippen LogP contribution in [-0.4, -0.2) is 38.2 Å². The van der Waals surface area contributed by atoms with Crippen LogP contribution in [0.2, 0.25) is 0 Å². The fourth-order valence-electron chi connectivity index (χ4n) is 20.8. The highest BCUT2D eigenvalue weighted by atomic mass is 16.4. The minimum absolute atomic E-state index is 0.541. The number of aromatic nitrogens is 8. The first-order chi connectivity index (χ1) is 65.5. The molecule has 0 aliphatic rings. The molecule has 0 N–H and O–H groups in total. The monoisotopic (exact) mass is 1700 g/mol. The van der Waals surface area contributed by atoms with Gasteiger partial charge < -0.3 is 35.3 Å². The fourth-order valence-corrected chi connectivity index (χ4v) is 20.8. The molecule has 0 bridgehead atoms. The van der Waals surface area contributed by atoms with Gasteiger partial charge in [0.05, 0.1) is 38.5 Å². The van der Waals surface area contributed by atoms with Gasteiger partial charge in [0.25, 0.3) is 0 Å². The quantitative estimate of drug-likeness (QED) is 0.163. The van der Waals surface area contributed by atoms with Crippen molar-refractivity contribution in [3.05, 3.63) is 388 Å². The van der Waals surface area contributed by atoms with Crippen LogP contribution in [0.1, 0.15) is 0 Å². The van der Waals surface area contributed by atoms with Crippen LogP contribution >= 0.6 is 0 Å². The summed E-state index contributed by atoms with van der Waals surface area (Å²) in [6, 6.07) is 135. The van der Waals surface area contributed by atoms with Crippen molar-refractivity contribution < 1.29 is 35.3 Å². The predicted molar refractivity (Wildman–Crippen MR) is 533 cm³/mol. The van der Waals surface area contributed by atoms with E-state index in [1.807, 2.05) is 158 Å². The summed E-state index contributed by atoms with van der Waals surface area (Å²) >= 11 is 0. The lowest BCUT2D eigenvalue weighted by Crippen LogP contribution is -1.94. The lowest BCUT2D eigenvalue weighted by Gasteiger charge is -2.07. The molecule has 616 valence electrons. The van der Waals surface area contributed by atoms with Gasteiger partial charge in [0.1, 0.15) is 66.6 Å². The minimum atomic E-state index is 0.541. The average Bonchev–Trinajstić information content (AvgIpc) is 1.54. The van der Waals surface area contributed by atoms with Crippen LogP contribution in [-0.2, 0) is 0 Å². The zero-order valence-electron chi connectivity index (χ0n) is 69.8. The molecule has 0 amide bonds. The summed E-state index contributed by atoms with van der Waals surface area (Å²) in [7, 11) is 0. The van der Waals surface area contributed by atoms with Crippen molar-refractivity contribution in [3.8, 4) is 24.1 Å². The van der Waals surface area contributed by atoms with E-state index in [0.29, 0.717) is 24.1 Å². The van der Waals surface area contributed by atoms with E-state index >= 15 is 0 Å². The highest BCUT2D eigenvalue weighted by Gasteiger charge is 2.30. The number of hydrogen-bond acceptors (Lipinski definition) is 12. The molecular formula is C116H64N8O8. The first kappa shape index (κ1) is 71.9. The number of oxazole rings is 4. The summed E-state index contributed by atoms with van der Waals surface area (Å²) in [6.07, 6.45) is 0. The Labute approximate surface area is 743 Å². The Hall–Kier alpha value is -18.3. The Morgan fingerprint density at radius 1 is 0.152 bits per heavy atom. The molecular weight excluding hydrogens is 1630 g/mol. The van der Waals surface area contributed by atoms with E-state index in [1.54, 1.807) is 0 Å². The highest BCUT2D eigenvalue weighted by molar-refractivity contribution is 6.37. The summed E-state index contributed by atoms with van der Waals surface area (Å²) in [5.74, 6) is 0. The van der Waals surface area contributed by atoms with Gasteiger partial charge in [0.2, 0.25) is 0 Å². The van der Waals surface area contributed by atoms with E-state index in [0.717, 1.165) is 225 Å². The molecule has 16 heteroatoms. The molecule has 132 heavy (non-hydrogen) atoms. The molecule has 20 aromatic carbocycles. The third kappa shape index (κ3) is 10.5. The lowest BCUT2D eigenvalue weighted by atomic mass is 9.99. The van der Waals surface area contributed by atoms with Crippen molar-refractivity contribution in [2.45, 2.75) is 0 Å². The van der Waals surface area contributed by atoms with E-state index < -0.39 is 0 Å². The van der Waals surface area contributed by atoms with Gasteiger partial charge in [-0.15, -0.1) is 0 Å². The second-order valence-corrected chi connectivity index (χ2v) is 33.7. The van der Waals surface area contributed by atoms with Gasteiger partial charge in [-0.2, -0.15) is 19.9 Å². The second kappa shape index (κ2) is 27.6. The normalized spacial score (nSPS) is 12.2. The Kier molecular flexibility index (Phi) is 15.0. The molecule has 0 saturated carbocycles. The van der Waals surface area contributed by atoms with Gasteiger partial charge in [0.15, 0.2) is 33.5 Å². The second-order valence-electron chi connectivity index (χ2n) is 33.7. The van der Waals surface area contributed by atoms with E-state index in [4.69, 9.17) is 55.3 Å². The smallest absolute Gasteiger partial charge is 0.307 e. The van der Waals surface area contributed by atoms with Crippen LogP contribution in [0.15, 0.2) is 424 Å². The molecule has 32 rings (SSSR count). The van der Waals surface area contributed by atoms with Crippen LogP contribution in [0.5, 0.6) is 0 Å². The molecule has 0 aliphatic heterocycles. The van der Waals surface area contributed by atoms with E-state index in [9.17, 15) is 0 Å². The number of furan rings is 4. The molecule has 32 aromatic rings. The minimum Gasteiger partial charge on any atom is -0.456 e. The summed E-state index contributed by atoms with van der Waals surface area (Å²) in [4.78, 5) is 19.4. The standard InChI is InChI=1S/4C29H16N2O2/c1-2-10-18-17(9-1)25-20-12-4-7-15-23(20)32-28(25)26-19-11-3-6-14-22(19)31(27(18)26)29-30-21-13-5-8-16-24(21)33-29;1-2-10-18-17(9-1)25-19-11-3-6-14-22(19)31(29-30-21-13-5-8-16-24(21)33-29)27(25)28-26(18)20-12-4-7-15-23(20)32-28;1-2-8-18-14-24-20(13-17(18)7-1)21-16-28-22(19-9-3-5-11-26(19)32-28)15-25(21)31(24)29-30-23-10-4-6-12-27(23)33-29;1-2-8-18-17(7-1)13-16-23-26(18)21-15-14-20-19-9-3-5-11-24(19)32-28(20)27(21)31(23)29-30-22-10-4-6-12-25(22)33-29/h4*1-16H. The zero-order valence-corrected chi connectivity index (χ0v) is 69.8. The number of hydrogen-bond donors (Lipinski definition) is 0. The summed E-state index contributed by atoms with van der Waals surface area (Å²) in [6.45, 7) is 0. The third-order valence-electron chi connectivity index (χ3n) is 26.5. The average molecular weight is 1700 g/mol. The Morgan fingerprint density at radius 3 is 1.09 bits per heavy atom. The summed E-state index contributed by atoms with van der Waals surface area (Å²) < 4.78 is 59.3. The maximum absolute atomic E-state index is 6.55. The number of para-hydroxylation sites is 14. The number of fused-ring (bicyclic) bond motifs is 40. The zero-order chi connectivity index (χ0) is 86.1. The highest BCUT2D eigenvalue weighted by Crippen LogP contribution is 2.51. The van der Waals surface area contributed by atoms with Crippen molar-refractivity contribution >= 4 is 262 Å². The van der Waals surface area contributed by atoms with Crippen LogP contribution in [0.4, 0.5) is 0 Å². The largest absolute Gasteiger partial charge is 0.456 e. The van der Waals surface area contributed by atoms with E-state index in [-0.39, 0.29) is 0 Å². The third-order valence-corrected chi connectivity index (χ3v) is 26.5. The number of nitrogens with zero attached hydrogens (tertiary/aromatic N) is 8. The molecule has 12 aromatic heterocycles. The van der Waals surface area contributed by atoms with Crippen LogP contribution in [0, 0.1) is 0 Å². The molecule has 0 unspecified atom stereocenters. The van der Waals surface area contributed by atoms with Crippen LogP contribution < -0.4 is 0 Å². The SMILES string of the molecule is c1ccc2c(c1)ccc1c2c2ccc3c4ccccc4oc3c2n1-c1nc2ccccc2o1.c1ccc2cc3c(cc2c1)c1cc2oc4ccccc4c2cc1n3-c1nc2ccccc2o1.c1ccc2oc(-n3c4ccccc4c4c5ccccc5c5c6ccccc6oc5c43)nc2c1.c1ccc2oc(-n3c4ccccc4c4c5oc6ccccc6c5c5ccccc5c43)nc2c1. The van der Waals surface area contributed by atoms with Gasteiger partial charge in [-0.05, 0) is 159 Å². The molecule has 12 heterocycles. The molecule has 0 fully saturated rings. The lowest BCUT2D eigenvalue weighted by molar-refractivity contribution is 0.573. The van der Waals surface area contributed by atoms with Crippen molar-refractivity contribution in [3.63, 3.8) is 0 Å². The van der Waals surface area contributed by atoms with Gasteiger partial charge in [-0.1, -0.05) is 267 Å². The van der Waals surface area contributed by atoms with Crippen molar-refractivity contribution in [2.75, 3.05) is 0 Å². The van der Waals surface area contributed by atoms with Crippen LogP contribution in [0.3, 0.4) is 0 Å². The van der Waals surface area contributed by atoms with E-state index in [2.05, 4.69) is 249 Å². The van der Waals surface area contributed by atoms with Crippen molar-refractivity contribution in [2.24, 2.45) is 0 Å². The first-order valence-corrected chi connectivity index (χ1v) is 44.0. The first-order valence-electron chi connectivity index (χ1n) is 44.0. The molecule has 0 spiro atoms. The van der Waals surface area contributed by atoms with Gasteiger partial charge in [-0.3, -0.25) is 18.3 Å². The van der Waals surface area contributed by atoms with Crippen molar-refractivity contribution in [1.82, 2.24) is 38.2 Å². The Morgan fingerprint density at radius 2 is 0.523 bits per heavy atom. The summed E-state index contributed by atoms with van der Waals surface area (Å²) in [5, 5.41) is 27.4. The maximum Gasteiger partial charge on any atom is 0.307 e. The van der Waals surface area contributed by atoms with E-state index in [1.165, 1.54) is 37.7 Å². The van der Waals surface area contributed by atoms with Crippen LogP contribution in [0.25, 0.3) is 287 Å². The number of benzene rings is 20. The predicted octanol–water partition coefficient (Wildman–Crippen LogP) is 31.9. The molecule has 16 nitrogen and oxygen atoms in total. The summed E-state index contributed by atoms with van der Waals surface area (Å²) in [5.41, 5.74) is 21.7. The fraction of sp³-hybridized carbons (Fsp3) is 0. The maximum atomic E-state index is 6.55.